The molecule has 1 aromatic heterocycles. The van der Waals surface area contributed by atoms with E-state index in [9.17, 15) is 21.6 Å². The van der Waals surface area contributed by atoms with Crippen molar-refractivity contribution < 1.29 is 21.6 Å². The third-order valence-corrected chi connectivity index (χ3v) is 5.15. The molecule has 0 bridgehead atoms. The second kappa shape index (κ2) is 6.83. The van der Waals surface area contributed by atoms with Gasteiger partial charge in [-0.05, 0) is 30.3 Å². The normalized spacial score (nSPS) is 12.1. The van der Waals surface area contributed by atoms with E-state index in [2.05, 4.69) is 10.4 Å². The van der Waals surface area contributed by atoms with E-state index in [1.165, 1.54) is 18.2 Å². The summed E-state index contributed by atoms with van der Waals surface area (Å²) in [5, 5.41) is 7.04. The Morgan fingerprint density at radius 3 is 2.31 bits per heavy atom. The number of rotatable bonds is 5. The van der Waals surface area contributed by atoms with Gasteiger partial charge < -0.3 is 5.32 Å². The summed E-state index contributed by atoms with van der Waals surface area (Å²) >= 11 is 0. The summed E-state index contributed by atoms with van der Waals surface area (Å²) < 4.78 is 63.5. The quantitative estimate of drug-likeness (QED) is 0.731. The van der Waals surface area contributed by atoms with Gasteiger partial charge in [-0.15, -0.1) is 0 Å². The molecular formula is C17H14F3N3O2S. The Morgan fingerprint density at radius 1 is 0.962 bits per heavy atom. The molecule has 0 saturated heterocycles. The number of nitrogens with zero attached hydrogens (tertiary/aromatic N) is 2. The number of benzene rings is 2. The van der Waals surface area contributed by atoms with Crippen LogP contribution in [0.3, 0.4) is 0 Å². The molecule has 0 aliphatic rings. The lowest BCUT2D eigenvalue weighted by Gasteiger charge is -2.13. The largest absolute Gasteiger partial charge is 0.501 e. The third kappa shape index (κ3) is 3.57. The highest BCUT2D eigenvalue weighted by Gasteiger charge is 2.47. The molecule has 3 rings (SSSR count). The third-order valence-electron chi connectivity index (χ3n) is 3.61. The molecule has 0 radical (unpaired) electrons. The van der Waals surface area contributed by atoms with Gasteiger partial charge in [-0.1, -0.05) is 30.3 Å². The van der Waals surface area contributed by atoms with Crippen molar-refractivity contribution in [3.05, 3.63) is 72.6 Å². The van der Waals surface area contributed by atoms with Crippen molar-refractivity contribution in [2.75, 3.05) is 5.32 Å². The number of anilines is 1. The Bertz CT molecular complexity index is 999. The van der Waals surface area contributed by atoms with Crippen molar-refractivity contribution in [2.45, 2.75) is 16.9 Å². The number of nitrogens with one attached hydrogen (secondary N) is 1. The zero-order chi connectivity index (χ0) is 18.8. The summed E-state index contributed by atoms with van der Waals surface area (Å²) in [5.41, 5.74) is -4.11. The Hall–Kier alpha value is -2.81. The number of sulfone groups is 1. The Morgan fingerprint density at radius 2 is 1.62 bits per heavy atom. The van der Waals surface area contributed by atoms with Crippen LogP contribution in [0.5, 0.6) is 0 Å². The van der Waals surface area contributed by atoms with E-state index in [1.807, 2.05) is 30.3 Å². The summed E-state index contributed by atoms with van der Waals surface area (Å²) in [7, 11) is -5.44. The van der Waals surface area contributed by atoms with Crippen LogP contribution in [0.1, 0.15) is 5.69 Å². The highest BCUT2D eigenvalue weighted by Crippen LogP contribution is 2.34. The fourth-order valence-corrected chi connectivity index (χ4v) is 3.27. The predicted octanol–water partition coefficient (Wildman–Crippen LogP) is 3.78. The number of hydrogen-bond acceptors (Lipinski definition) is 4. The molecule has 0 aliphatic carbocycles. The minimum absolute atomic E-state index is 0.0736. The lowest BCUT2D eigenvalue weighted by Crippen LogP contribution is -2.24. The molecule has 1 N–H and O–H groups in total. The molecule has 3 aromatic rings. The number of alkyl halides is 3. The molecule has 1 heterocycles. The first-order valence-electron chi connectivity index (χ1n) is 7.53. The van der Waals surface area contributed by atoms with Crippen LogP contribution < -0.4 is 5.32 Å². The van der Waals surface area contributed by atoms with Gasteiger partial charge in [-0.3, -0.25) is 0 Å². The zero-order valence-corrected chi connectivity index (χ0v) is 14.1. The number of aromatic nitrogens is 2. The van der Waals surface area contributed by atoms with Gasteiger partial charge in [0.15, 0.2) is 0 Å². The molecule has 9 heteroatoms. The lowest BCUT2D eigenvalue weighted by molar-refractivity contribution is -0.0435. The van der Waals surface area contributed by atoms with Crippen LogP contribution in [0.25, 0.3) is 5.69 Å². The fraction of sp³-hybridized carbons (Fsp3) is 0.118. The summed E-state index contributed by atoms with van der Waals surface area (Å²) in [5.74, 6) is 0. The number of hydrogen-bond donors (Lipinski definition) is 1. The first-order chi connectivity index (χ1) is 12.3. The van der Waals surface area contributed by atoms with Gasteiger partial charge in [0.1, 0.15) is 0 Å². The average Bonchev–Trinajstić information content (AvgIpc) is 3.09. The molecule has 2 aromatic carbocycles. The molecule has 0 aliphatic heterocycles. The molecule has 136 valence electrons. The minimum Gasteiger partial charge on any atom is -0.378 e. The van der Waals surface area contributed by atoms with E-state index >= 15 is 0 Å². The number of para-hydroxylation sites is 2. The monoisotopic (exact) mass is 381 g/mol. The van der Waals surface area contributed by atoms with Gasteiger partial charge in [0.2, 0.25) is 0 Å². The molecule has 0 saturated carbocycles. The maximum Gasteiger partial charge on any atom is 0.501 e. The summed E-state index contributed by atoms with van der Waals surface area (Å²) in [4.78, 5) is -0.810. The SMILES string of the molecule is O=S(=O)(c1ccccc1NCc1ccn(-c2ccccc2)n1)C(F)(F)F. The summed E-state index contributed by atoms with van der Waals surface area (Å²) in [6.07, 6.45) is 1.71. The molecule has 0 spiro atoms. The molecule has 0 amide bonds. The molecule has 0 atom stereocenters. The average molecular weight is 381 g/mol. The molecule has 0 fully saturated rings. The molecule has 26 heavy (non-hydrogen) atoms. The van der Waals surface area contributed by atoms with E-state index in [4.69, 9.17) is 0 Å². The topological polar surface area (TPSA) is 64.0 Å². The van der Waals surface area contributed by atoms with Crippen LogP contribution in [0, 0.1) is 0 Å². The Kier molecular flexibility index (Phi) is 4.73. The van der Waals surface area contributed by atoms with E-state index in [-0.39, 0.29) is 12.2 Å². The van der Waals surface area contributed by atoms with E-state index in [0.717, 1.165) is 11.8 Å². The van der Waals surface area contributed by atoms with Crippen molar-refractivity contribution in [3.63, 3.8) is 0 Å². The van der Waals surface area contributed by atoms with Crippen LogP contribution >= 0.6 is 0 Å². The van der Waals surface area contributed by atoms with Crippen molar-refractivity contribution in [3.8, 4) is 5.69 Å². The fourth-order valence-electron chi connectivity index (χ4n) is 2.34. The smallest absolute Gasteiger partial charge is 0.378 e. The maximum absolute atomic E-state index is 12.8. The van der Waals surface area contributed by atoms with Gasteiger partial charge in [-0.2, -0.15) is 18.3 Å². The first-order valence-corrected chi connectivity index (χ1v) is 9.01. The number of halogens is 3. The van der Waals surface area contributed by atoms with Gasteiger partial charge in [0.05, 0.1) is 28.5 Å². The van der Waals surface area contributed by atoms with E-state index < -0.39 is 20.2 Å². The van der Waals surface area contributed by atoms with Crippen molar-refractivity contribution in [1.82, 2.24) is 9.78 Å². The van der Waals surface area contributed by atoms with Crippen LogP contribution in [0.15, 0.2) is 71.8 Å². The van der Waals surface area contributed by atoms with Crippen LogP contribution in [-0.4, -0.2) is 23.7 Å². The second-order valence-corrected chi connectivity index (χ2v) is 7.30. The van der Waals surface area contributed by atoms with Crippen molar-refractivity contribution >= 4 is 15.5 Å². The lowest BCUT2D eigenvalue weighted by atomic mass is 10.3. The predicted molar refractivity (Wildman–Crippen MR) is 90.6 cm³/mol. The van der Waals surface area contributed by atoms with Gasteiger partial charge in [-0.25, -0.2) is 13.1 Å². The van der Waals surface area contributed by atoms with Gasteiger partial charge in [0.25, 0.3) is 9.84 Å². The Balaban J connectivity index is 1.81. The van der Waals surface area contributed by atoms with Crippen LogP contribution in [0.4, 0.5) is 18.9 Å². The minimum atomic E-state index is -5.44. The van der Waals surface area contributed by atoms with E-state index in [0.29, 0.717) is 5.69 Å². The van der Waals surface area contributed by atoms with Crippen LogP contribution in [0.2, 0.25) is 0 Å². The zero-order valence-electron chi connectivity index (χ0n) is 13.3. The van der Waals surface area contributed by atoms with Gasteiger partial charge >= 0.3 is 5.51 Å². The summed E-state index contributed by atoms with van der Waals surface area (Å²) in [6, 6.07) is 15.9. The molecule has 5 nitrogen and oxygen atoms in total. The molecule has 0 unspecified atom stereocenters. The van der Waals surface area contributed by atoms with E-state index in [1.54, 1.807) is 16.9 Å². The highest BCUT2D eigenvalue weighted by molar-refractivity contribution is 7.92. The summed E-state index contributed by atoms with van der Waals surface area (Å²) in [6.45, 7) is 0.0736. The first kappa shape index (κ1) is 18.0. The van der Waals surface area contributed by atoms with Crippen LogP contribution in [-0.2, 0) is 16.4 Å². The maximum atomic E-state index is 12.8. The van der Waals surface area contributed by atoms with Crippen molar-refractivity contribution in [1.29, 1.82) is 0 Å². The van der Waals surface area contributed by atoms with Crippen molar-refractivity contribution in [2.24, 2.45) is 0 Å². The standard InChI is InChI=1S/C17H14F3N3O2S/c18-17(19,20)26(24,25)16-9-5-4-8-15(16)21-12-13-10-11-23(22-13)14-6-2-1-3-7-14/h1-11,21H,12H2. The molecular weight excluding hydrogens is 367 g/mol. The Labute approximate surface area is 148 Å². The van der Waals surface area contributed by atoms with Gasteiger partial charge in [0, 0.05) is 6.20 Å². The highest BCUT2D eigenvalue weighted by atomic mass is 32.2. The second-order valence-electron chi connectivity index (χ2n) is 5.39.